The number of nitrogens with zero attached hydrogens (tertiary/aromatic N) is 2. The number of nitrogens with one attached hydrogen (secondary N) is 1. The molecule has 1 heterocycles. The second-order valence-electron chi connectivity index (χ2n) is 4.02. The van der Waals surface area contributed by atoms with Gasteiger partial charge in [-0.15, -0.1) is 0 Å². The Hall–Kier alpha value is -1.24. The highest BCUT2D eigenvalue weighted by Gasteiger charge is 2.45. The van der Waals surface area contributed by atoms with Crippen LogP contribution in [0.15, 0.2) is 33.8 Å². The molecule has 0 saturated heterocycles. The van der Waals surface area contributed by atoms with Gasteiger partial charge in [-0.3, -0.25) is 4.79 Å². The van der Waals surface area contributed by atoms with E-state index in [1.165, 1.54) is 5.01 Å². The van der Waals surface area contributed by atoms with E-state index in [1.807, 2.05) is 17.6 Å². The summed E-state index contributed by atoms with van der Waals surface area (Å²) in [5, 5.41) is 14.5. The summed E-state index contributed by atoms with van der Waals surface area (Å²) in [4.78, 5) is 12.1. The van der Waals surface area contributed by atoms with Crippen LogP contribution in [0.4, 0.5) is 5.69 Å². The topological polar surface area (TPSA) is 64.9 Å². The van der Waals surface area contributed by atoms with Crippen LogP contribution < -0.4 is 10.5 Å². The van der Waals surface area contributed by atoms with Crippen LogP contribution >= 0.6 is 15.9 Å². The molecule has 1 unspecified atom stereocenters. The smallest absolute Gasteiger partial charge is 0.275 e. The SMILES string of the molecule is CC1=NN(c2ccc(Br)cc2)C(=O)C1(C)NO. The van der Waals surface area contributed by atoms with Gasteiger partial charge in [-0.2, -0.15) is 15.6 Å². The Morgan fingerprint density at radius 2 is 2.00 bits per heavy atom. The lowest BCUT2D eigenvalue weighted by atomic mass is 9.98. The maximum absolute atomic E-state index is 12.1. The van der Waals surface area contributed by atoms with Gasteiger partial charge in [-0.05, 0) is 38.1 Å². The van der Waals surface area contributed by atoms with E-state index in [9.17, 15) is 4.79 Å². The number of carbonyl (C=O) groups is 1. The predicted molar refractivity (Wildman–Crippen MR) is 68.1 cm³/mol. The van der Waals surface area contributed by atoms with Gasteiger partial charge < -0.3 is 5.21 Å². The Balaban J connectivity index is 2.37. The van der Waals surface area contributed by atoms with Crippen LogP contribution in [0.1, 0.15) is 13.8 Å². The number of hydrazone groups is 1. The second-order valence-corrected chi connectivity index (χ2v) is 4.93. The molecule has 1 aliphatic rings. The predicted octanol–water partition coefficient (Wildman–Crippen LogP) is 1.91. The van der Waals surface area contributed by atoms with E-state index >= 15 is 0 Å². The standard InChI is InChI=1S/C11H12BrN3O2/c1-7-11(2,14-17)10(16)15(13-7)9-5-3-8(12)4-6-9/h3-6,14,17H,1-2H3. The van der Waals surface area contributed by atoms with Gasteiger partial charge in [-0.1, -0.05) is 15.9 Å². The van der Waals surface area contributed by atoms with Gasteiger partial charge in [0.05, 0.1) is 11.4 Å². The molecule has 1 amide bonds. The number of hydrogen-bond donors (Lipinski definition) is 2. The molecule has 2 rings (SSSR count). The third kappa shape index (κ3) is 1.88. The highest BCUT2D eigenvalue weighted by molar-refractivity contribution is 9.10. The van der Waals surface area contributed by atoms with Crippen molar-refractivity contribution in [3.63, 3.8) is 0 Å². The van der Waals surface area contributed by atoms with Gasteiger partial charge in [0.15, 0.2) is 5.54 Å². The highest BCUT2D eigenvalue weighted by atomic mass is 79.9. The molecule has 2 N–H and O–H groups in total. The van der Waals surface area contributed by atoms with Crippen molar-refractivity contribution in [1.29, 1.82) is 0 Å². The van der Waals surface area contributed by atoms with E-state index in [0.29, 0.717) is 11.4 Å². The van der Waals surface area contributed by atoms with Crippen LogP contribution in [0.2, 0.25) is 0 Å². The van der Waals surface area contributed by atoms with Gasteiger partial charge in [0.1, 0.15) is 0 Å². The fraction of sp³-hybridized carbons (Fsp3) is 0.273. The van der Waals surface area contributed by atoms with Gasteiger partial charge >= 0.3 is 0 Å². The Bertz CT molecular complexity index is 486. The average molecular weight is 298 g/mol. The number of benzene rings is 1. The summed E-state index contributed by atoms with van der Waals surface area (Å²) < 4.78 is 0.927. The summed E-state index contributed by atoms with van der Waals surface area (Å²) in [6, 6.07) is 7.22. The molecule has 90 valence electrons. The minimum Gasteiger partial charge on any atom is -0.315 e. The molecule has 1 aromatic rings. The molecular formula is C11H12BrN3O2. The molecular weight excluding hydrogens is 286 g/mol. The van der Waals surface area contributed by atoms with Gasteiger partial charge in [0, 0.05) is 4.47 Å². The normalized spacial score (nSPS) is 24.1. The Kier molecular flexibility index (Phi) is 3.03. The molecule has 0 spiro atoms. The second kappa shape index (κ2) is 4.21. The first-order valence-electron chi connectivity index (χ1n) is 5.06. The molecule has 0 aromatic heterocycles. The first-order chi connectivity index (χ1) is 7.99. The third-order valence-electron chi connectivity index (χ3n) is 2.89. The van der Waals surface area contributed by atoms with Gasteiger partial charge in [-0.25, -0.2) is 0 Å². The Morgan fingerprint density at radius 3 is 2.47 bits per heavy atom. The number of hydroxylamine groups is 1. The van der Waals surface area contributed by atoms with Crippen molar-refractivity contribution >= 4 is 33.2 Å². The number of rotatable bonds is 2. The zero-order valence-corrected chi connectivity index (χ0v) is 11.0. The molecule has 6 heteroatoms. The molecule has 0 saturated carbocycles. The number of halogens is 1. The van der Waals surface area contributed by atoms with Crippen LogP contribution in [0.25, 0.3) is 0 Å². The number of amides is 1. The fourth-order valence-electron chi connectivity index (χ4n) is 1.55. The quantitative estimate of drug-likeness (QED) is 0.820. The first-order valence-corrected chi connectivity index (χ1v) is 5.85. The molecule has 17 heavy (non-hydrogen) atoms. The number of anilines is 1. The summed E-state index contributed by atoms with van der Waals surface area (Å²) >= 11 is 3.33. The van der Waals surface area contributed by atoms with Crippen LogP contribution in [0, 0.1) is 0 Å². The van der Waals surface area contributed by atoms with Crippen molar-refractivity contribution in [2.24, 2.45) is 5.10 Å². The molecule has 0 bridgehead atoms. The molecule has 1 aliphatic heterocycles. The number of carbonyl (C=O) groups excluding carboxylic acids is 1. The van der Waals surface area contributed by atoms with Crippen LogP contribution in [0.5, 0.6) is 0 Å². The van der Waals surface area contributed by atoms with Gasteiger partial charge in [0.25, 0.3) is 5.91 Å². The van der Waals surface area contributed by atoms with Crippen LogP contribution in [-0.2, 0) is 4.79 Å². The summed E-state index contributed by atoms with van der Waals surface area (Å²) in [5.74, 6) is -0.306. The molecule has 1 atom stereocenters. The van der Waals surface area contributed by atoms with Gasteiger partial charge in [0.2, 0.25) is 0 Å². The minimum atomic E-state index is -1.15. The monoisotopic (exact) mass is 297 g/mol. The van der Waals surface area contributed by atoms with Crippen molar-refractivity contribution in [3.05, 3.63) is 28.7 Å². The summed E-state index contributed by atoms with van der Waals surface area (Å²) in [5.41, 5.74) is 2.06. The summed E-state index contributed by atoms with van der Waals surface area (Å²) in [6.45, 7) is 3.28. The van der Waals surface area contributed by atoms with Crippen molar-refractivity contribution in [1.82, 2.24) is 5.48 Å². The van der Waals surface area contributed by atoms with Crippen molar-refractivity contribution < 1.29 is 10.0 Å². The lowest BCUT2D eigenvalue weighted by Crippen LogP contribution is -2.53. The minimum absolute atomic E-state index is 0.306. The van der Waals surface area contributed by atoms with E-state index in [2.05, 4.69) is 21.0 Å². The van der Waals surface area contributed by atoms with Crippen molar-refractivity contribution in [3.8, 4) is 0 Å². The van der Waals surface area contributed by atoms with Crippen molar-refractivity contribution in [2.45, 2.75) is 19.4 Å². The van der Waals surface area contributed by atoms with Crippen LogP contribution in [-0.4, -0.2) is 22.4 Å². The number of hydrogen-bond acceptors (Lipinski definition) is 4. The average Bonchev–Trinajstić information content (AvgIpc) is 2.55. The molecule has 0 radical (unpaired) electrons. The van der Waals surface area contributed by atoms with E-state index in [4.69, 9.17) is 5.21 Å². The maximum Gasteiger partial charge on any atom is 0.275 e. The largest absolute Gasteiger partial charge is 0.315 e. The maximum atomic E-state index is 12.1. The van der Waals surface area contributed by atoms with E-state index in [0.717, 1.165) is 4.47 Å². The molecule has 0 fully saturated rings. The lowest BCUT2D eigenvalue weighted by molar-refractivity contribution is -0.124. The molecule has 1 aromatic carbocycles. The fourth-order valence-corrected chi connectivity index (χ4v) is 1.81. The van der Waals surface area contributed by atoms with E-state index in [-0.39, 0.29) is 5.91 Å². The van der Waals surface area contributed by atoms with E-state index < -0.39 is 5.54 Å². The first kappa shape index (κ1) is 12.2. The Morgan fingerprint density at radius 1 is 1.41 bits per heavy atom. The summed E-state index contributed by atoms with van der Waals surface area (Å²) in [7, 11) is 0. The molecule has 0 aliphatic carbocycles. The van der Waals surface area contributed by atoms with Crippen molar-refractivity contribution in [2.75, 3.05) is 5.01 Å². The van der Waals surface area contributed by atoms with E-state index in [1.54, 1.807) is 26.0 Å². The van der Waals surface area contributed by atoms with Crippen LogP contribution in [0.3, 0.4) is 0 Å². The zero-order valence-electron chi connectivity index (χ0n) is 9.44. The molecule has 5 nitrogen and oxygen atoms in total. The summed E-state index contributed by atoms with van der Waals surface area (Å²) in [6.07, 6.45) is 0. The lowest BCUT2D eigenvalue weighted by Gasteiger charge is -2.21. The zero-order chi connectivity index (χ0) is 12.6. The highest BCUT2D eigenvalue weighted by Crippen LogP contribution is 2.27. The Labute approximate surface area is 107 Å². The third-order valence-corrected chi connectivity index (χ3v) is 3.42.